The lowest BCUT2D eigenvalue weighted by Crippen LogP contribution is -2.22. The van der Waals surface area contributed by atoms with Crippen molar-refractivity contribution < 1.29 is 14.3 Å². The molecule has 8 heteroatoms. The number of amides is 1. The van der Waals surface area contributed by atoms with E-state index in [0.717, 1.165) is 11.4 Å². The largest absolute Gasteiger partial charge is 0.451 e. The number of ether oxygens (including phenoxy) is 1. The maximum absolute atomic E-state index is 11.7. The van der Waals surface area contributed by atoms with Gasteiger partial charge >= 0.3 is 5.97 Å². The highest BCUT2D eigenvalue weighted by Gasteiger charge is 2.13. The van der Waals surface area contributed by atoms with Crippen LogP contribution in [0, 0.1) is 20.8 Å². The van der Waals surface area contributed by atoms with E-state index >= 15 is 0 Å². The van der Waals surface area contributed by atoms with Crippen molar-refractivity contribution in [2.24, 2.45) is 0 Å². The third kappa shape index (κ3) is 4.30. The zero-order chi connectivity index (χ0) is 16.1. The lowest BCUT2D eigenvalue weighted by atomic mass is 10.4. The first-order chi connectivity index (χ1) is 10.4. The predicted octanol–water partition coefficient (Wildman–Crippen LogP) is 0.987. The molecule has 22 heavy (non-hydrogen) atoms. The van der Waals surface area contributed by atoms with Crippen molar-refractivity contribution in [3.63, 3.8) is 0 Å². The van der Waals surface area contributed by atoms with Crippen molar-refractivity contribution in [2.75, 3.05) is 11.9 Å². The van der Waals surface area contributed by atoms with Crippen LogP contribution in [0.2, 0.25) is 0 Å². The molecule has 0 aliphatic heterocycles. The molecule has 0 unspecified atom stereocenters. The SMILES string of the molecule is Cc1cnc(C(=O)OCC(=O)Nc2nc(C)cc(C)n2)cn1. The summed E-state index contributed by atoms with van der Waals surface area (Å²) < 4.78 is 4.85. The number of rotatable bonds is 4. The summed E-state index contributed by atoms with van der Waals surface area (Å²) in [6.07, 6.45) is 2.74. The number of carbonyl (C=O) groups excluding carboxylic acids is 2. The van der Waals surface area contributed by atoms with Gasteiger partial charge < -0.3 is 4.74 Å². The number of nitrogens with zero attached hydrogens (tertiary/aromatic N) is 4. The number of aromatic nitrogens is 4. The van der Waals surface area contributed by atoms with Gasteiger partial charge in [0.1, 0.15) is 0 Å². The number of aryl methyl sites for hydroxylation is 3. The fourth-order valence-corrected chi connectivity index (χ4v) is 1.65. The highest BCUT2D eigenvalue weighted by molar-refractivity contribution is 5.93. The molecule has 2 heterocycles. The number of carbonyl (C=O) groups is 2. The summed E-state index contributed by atoms with van der Waals surface area (Å²) in [5.41, 5.74) is 2.19. The van der Waals surface area contributed by atoms with Crippen molar-refractivity contribution in [2.45, 2.75) is 20.8 Å². The molecule has 0 saturated carbocycles. The van der Waals surface area contributed by atoms with Gasteiger partial charge in [-0.05, 0) is 26.8 Å². The van der Waals surface area contributed by atoms with E-state index in [2.05, 4.69) is 25.3 Å². The minimum Gasteiger partial charge on any atom is -0.451 e. The van der Waals surface area contributed by atoms with E-state index in [9.17, 15) is 9.59 Å². The van der Waals surface area contributed by atoms with Crippen LogP contribution in [0.5, 0.6) is 0 Å². The Labute approximate surface area is 127 Å². The lowest BCUT2D eigenvalue weighted by Gasteiger charge is -2.06. The Bertz CT molecular complexity index is 680. The summed E-state index contributed by atoms with van der Waals surface area (Å²) in [6.45, 7) is 4.88. The van der Waals surface area contributed by atoms with E-state index in [-0.39, 0.29) is 11.6 Å². The molecular formula is C14H15N5O3. The van der Waals surface area contributed by atoms with E-state index in [4.69, 9.17) is 4.74 Å². The molecule has 114 valence electrons. The Kier molecular flexibility index (Phi) is 4.72. The third-order valence-corrected chi connectivity index (χ3v) is 2.56. The second kappa shape index (κ2) is 6.70. The fourth-order valence-electron chi connectivity index (χ4n) is 1.65. The van der Waals surface area contributed by atoms with Crippen molar-refractivity contribution in [3.05, 3.63) is 41.2 Å². The van der Waals surface area contributed by atoms with Crippen molar-refractivity contribution in [1.29, 1.82) is 0 Å². The molecular weight excluding hydrogens is 286 g/mol. The molecule has 0 fully saturated rings. The lowest BCUT2D eigenvalue weighted by molar-refractivity contribution is -0.119. The highest BCUT2D eigenvalue weighted by Crippen LogP contribution is 2.04. The smallest absolute Gasteiger partial charge is 0.359 e. The summed E-state index contributed by atoms with van der Waals surface area (Å²) >= 11 is 0. The van der Waals surface area contributed by atoms with Gasteiger partial charge in [-0.15, -0.1) is 0 Å². The van der Waals surface area contributed by atoms with E-state index in [1.54, 1.807) is 26.8 Å². The van der Waals surface area contributed by atoms with Crippen LogP contribution in [0.15, 0.2) is 18.5 Å². The Morgan fingerprint density at radius 3 is 2.32 bits per heavy atom. The zero-order valence-electron chi connectivity index (χ0n) is 12.5. The fraction of sp³-hybridized carbons (Fsp3) is 0.286. The molecule has 8 nitrogen and oxygen atoms in total. The van der Waals surface area contributed by atoms with Gasteiger partial charge in [0, 0.05) is 17.6 Å². The van der Waals surface area contributed by atoms with Gasteiger partial charge in [-0.2, -0.15) is 0 Å². The van der Waals surface area contributed by atoms with Crippen molar-refractivity contribution in [1.82, 2.24) is 19.9 Å². The van der Waals surface area contributed by atoms with Crippen molar-refractivity contribution >= 4 is 17.8 Å². The van der Waals surface area contributed by atoms with E-state index in [1.807, 2.05) is 0 Å². The Morgan fingerprint density at radius 2 is 1.73 bits per heavy atom. The summed E-state index contributed by atoms with van der Waals surface area (Å²) in [5, 5.41) is 2.47. The van der Waals surface area contributed by atoms with Gasteiger partial charge in [0.15, 0.2) is 12.3 Å². The van der Waals surface area contributed by atoms with Crippen LogP contribution in [-0.2, 0) is 9.53 Å². The molecule has 1 amide bonds. The second-order valence-electron chi connectivity index (χ2n) is 4.64. The van der Waals surface area contributed by atoms with Gasteiger partial charge in [0.05, 0.1) is 11.9 Å². The van der Waals surface area contributed by atoms with E-state index in [1.165, 1.54) is 12.4 Å². The molecule has 2 aromatic rings. The summed E-state index contributed by atoms with van der Waals surface area (Å²) in [6, 6.07) is 1.78. The predicted molar refractivity (Wildman–Crippen MR) is 77.2 cm³/mol. The normalized spacial score (nSPS) is 10.1. The molecule has 0 atom stereocenters. The number of hydrogen-bond acceptors (Lipinski definition) is 7. The minimum atomic E-state index is -0.719. The highest BCUT2D eigenvalue weighted by atomic mass is 16.5. The molecule has 2 rings (SSSR count). The monoisotopic (exact) mass is 301 g/mol. The molecule has 0 saturated heterocycles. The van der Waals surface area contributed by atoms with Crippen LogP contribution in [0.1, 0.15) is 27.6 Å². The Morgan fingerprint density at radius 1 is 1.05 bits per heavy atom. The summed E-state index contributed by atoms with van der Waals surface area (Å²) in [4.78, 5) is 39.3. The number of esters is 1. The quantitative estimate of drug-likeness (QED) is 0.839. The van der Waals surface area contributed by atoms with Crippen molar-refractivity contribution in [3.8, 4) is 0 Å². The maximum atomic E-state index is 11.7. The van der Waals surface area contributed by atoms with Crippen LogP contribution in [-0.4, -0.2) is 38.4 Å². The first-order valence-electron chi connectivity index (χ1n) is 6.52. The summed E-state index contributed by atoms with van der Waals surface area (Å²) in [5.74, 6) is -1.07. The van der Waals surface area contributed by atoms with Crippen LogP contribution in [0.4, 0.5) is 5.95 Å². The van der Waals surface area contributed by atoms with Gasteiger partial charge in [-0.1, -0.05) is 0 Å². The third-order valence-electron chi connectivity index (χ3n) is 2.56. The molecule has 0 bridgehead atoms. The summed E-state index contributed by atoms with van der Waals surface area (Å²) in [7, 11) is 0. The average Bonchev–Trinajstić information content (AvgIpc) is 2.44. The first kappa shape index (κ1) is 15.5. The molecule has 0 aliphatic rings. The molecule has 0 radical (unpaired) electrons. The molecule has 0 spiro atoms. The Hall–Kier alpha value is -2.90. The van der Waals surface area contributed by atoms with E-state index < -0.39 is 18.5 Å². The number of anilines is 1. The number of nitrogens with one attached hydrogen (secondary N) is 1. The first-order valence-corrected chi connectivity index (χ1v) is 6.52. The van der Waals surface area contributed by atoms with Crippen LogP contribution in [0.3, 0.4) is 0 Å². The van der Waals surface area contributed by atoms with Gasteiger partial charge in [-0.25, -0.2) is 19.7 Å². The van der Waals surface area contributed by atoms with Gasteiger partial charge in [0.2, 0.25) is 5.95 Å². The second-order valence-corrected chi connectivity index (χ2v) is 4.64. The topological polar surface area (TPSA) is 107 Å². The van der Waals surface area contributed by atoms with Crippen LogP contribution < -0.4 is 5.32 Å². The molecule has 0 aliphatic carbocycles. The van der Waals surface area contributed by atoms with Gasteiger partial charge in [0.25, 0.3) is 5.91 Å². The number of hydrogen-bond donors (Lipinski definition) is 1. The Balaban J connectivity index is 1.89. The maximum Gasteiger partial charge on any atom is 0.359 e. The molecule has 1 N–H and O–H groups in total. The molecule has 2 aromatic heterocycles. The van der Waals surface area contributed by atoms with Crippen LogP contribution in [0.25, 0.3) is 0 Å². The van der Waals surface area contributed by atoms with Crippen LogP contribution >= 0.6 is 0 Å². The minimum absolute atomic E-state index is 0.0426. The molecule has 0 aromatic carbocycles. The zero-order valence-corrected chi connectivity index (χ0v) is 12.5. The van der Waals surface area contributed by atoms with E-state index in [0.29, 0.717) is 5.69 Å². The standard InChI is InChI=1S/C14H15N5O3/c1-8-4-9(2)18-14(17-8)19-12(20)7-22-13(21)11-6-15-10(3)5-16-11/h4-6H,7H2,1-3H3,(H,17,18,19,20). The average molecular weight is 301 g/mol. The van der Waals surface area contributed by atoms with Gasteiger partial charge in [-0.3, -0.25) is 15.1 Å².